The van der Waals surface area contributed by atoms with Crippen molar-refractivity contribution in [2.75, 3.05) is 4.90 Å². The van der Waals surface area contributed by atoms with Crippen LogP contribution in [0.25, 0.3) is 82.8 Å². The van der Waals surface area contributed by atoms with Crippen LogP contribution in [0.2, 0.25) is 0 Å². The molecule has 0 aliphatic heterocycles. The summed E-state index contributed by atoms with van der Waals surface area (Å²) in [6, 6.07) is 84.6. The van der Waals surface area contributed by atoms with Crippen LogP contribution in [0.15, 0.2) is 231 Å². The number of para-hydroxylation sites is 3. The summed E-state index contributed by atoms with van der Waals surface area (Å²) >= 11 is 0. The van der Waals surface area contributed by atoms with Gasteiger partial charge in [-0.25, -0.2) is 0 Å². The normalized spacial score (nSPS) is 12.7. The zero-order chi connectivity index (χ0) is 42.1. The number of aromatic nitrogens is 1. The molecule has 1 aromatic heterocycles. The van der Waals surface area contributed by atoms with Crippen LogP contribution in [0.4, 0.5) is 17.1 Å². The average Bonchev–Trinajstić information content (AvgIpc) is 3.80. The highest BCUT2D eigenvalue weighted by Gasteiger charge is 2.37. The second-order valence-corrected chi connectivity index (χ2v) is 17.3. The summed E-state index contributed by atoms with van der Waals surface area (Å²) < 4.78 is 2.43. The van der Waals surface area contributed by atoms with Crippen LogP contribution in [-0.2, 0) is 5.41 Å². The minimum absolute atomic E-state index is 0.244. The first-order valence-corrected chi connectivity index (χ1v) is 21.9. The summed E-state index contributed by atoms with van der Waals surface area (Å²) in [6.45, 7) is 4.78. The fourth-order valence-corrected chi connectivity index (χ4v) is 10.3. The maximum atomic E-state index is 2.45. The van der Waals surface area contributed by atoms with Gasteiger partial charge in [0.2, 0.25) is 0 Å². The molecule has 1 heterocycles. The topological polar surface area (TPSA) is 8.17 Å². The standard InChI is InChI=1S/C61H44N2/c1-61(2)56-39-47(35-37-52(56)53-38-36-48(40-57(53)61)63-59-25-12-9-21-54(59)55-22-10-13-26-60(55)63)62(46-33-31-44(32-34-46)50-23-14-18-43-17-6-7-19-49(43)50)58-24-11-8-20-51(58)45-29-27-42(28-30-45)41-15-4-3-5-16-41/h3-40H,1-2H3. The van der Waals surface area contributed by atoms with Gasteiger partial charge in [0.05, 0.1) is 16.7 Å². The summed E-state index contributed by atoms with van der Waals surface area (Å²) in [4.78, 5) is 2.45. The molecule has 2 heteroatoms. The third kappa shape index (κ3) is 6.02. The monoisotopic (exact) mass is 804 g/mol. The Balaban J connectivity index is 0.990. The smallest absolute Gasteiger partial charge is 0.0541 e. The Morgan fingerprint density at radius 2 is 0.857 bits per heavy atom. The molecule has 0 saturated heterocycles. The van der Waals surface area contributed by atoms with Crippen molar-refractivity contribution in [1.29, 1.82) is 0 Å². The fourth-order valence-electron chi connectivity index (χ4n) is 10.3. The summed E-state index contributed by atoms with van der Waals surface area (Å²) in [5, 5.41) is 5.06. The number of benzene rings is 10. The molecule has 63 heavy (non-hydrogen) atoms. The summed E-state index contributed by atoms with van der Waals surface area (Å²) in [5.74, 6) is 0. The van der Waals surface area contributed by atoms with Crippen LogP contribution in [0.3, 0.4) is 0 Å². The van der Waals surface area contributed by atoms with Crippen molar-refractivity contribution in [3.63, 3.8) is 0 Å². The maximum absolute atomic E-state index is 2.45. The van der Waals surface area contributed by atoms with E-state index in [-0.39, 0.29) is 5.41 Å². The van der Waals surface area contributed by atoms with E-state index in [1.807, 2.05) is 0 Å². The van der Waals surface area contributed by atoms with Gasteiger partial charge in [-0.3, -0.25) is 0 Å². The van der Waals surface area contributed by atoms with Gasteiger partial charge in [-0.2, -0.15) is 0 Å². The van der Waals surface area contributed by atoms with Gasteiger partial charge in [-0.15, -0.1) is 0 Å². The Hall–Kier alpha value is -7.94. The van der Waals surface area contributed by atoms with Crippen molar-refractivity contribution < 1.29 is 0 Å². The lowest BCUT2D eigenvalue weighted by Gasteiger charge is -2.30. The summed E-state index contributed by atoms with van der Waals surface area (Å²) in [5.41, 5.74) is 19.2. The zero-order valence-corrected chi connectivity index (χ0v) is 35.3. The Morgan fingerprint density at radius 3 is 1.60 bits per heavy atom. The highest BCUT2D eigenvalue weighted by Crippen LogP contribution is 2.52. The molecular formula is C61H44N2. The molecule has 0 radical (unpaired) electrons. The number of rotatable bonds is 7. The molecule has 11 aromatic rings. The highest BCUT2D eigenvalue weighted by molar-refractivity contribution is 6.09. The molecule has 1 aliphatic rings. The molecule has 0 atom stereocenters. The van der Waals surface area contributed by atoms with Gasteiger partial charge in [0.15, 0.2) is 0 Å². The highest BCUT2D eigenvalue weighted by atomic mass is 15.1. The predicted molar refractivity (Wildman–Crippen MR) is 267 cm³/mol. The van der Waals surface area contributed by atoms with E-state index in [0.717, 1.165) is 17.1 Å². The van der Waals surface area contributed by atoms with Crippen molar-refractivity contribution >= 4 is 49.6 Å². The Kier molecular flexibility index (Phi) is 8.55. The van der Waals surface area contributed by atoms with Crippen molar-refractivity contribution in [2.45, 2.75) is 19.3 Å². The number of anilines is 3. The Morgan fingerprint density at radius 1 is 0.349 bits per heavy atom. The van der Waals surface area contributed by atoms with E-state index in [2.05, 4.69) is 254 Å². The lowest BCUT2D eigenvalue weighted by Crippen LogP contribution is -2.17. The second kappa shape index (κ2) is 14.6. The van der Waals surface area contributed by atoms with Crippen molar-refractivity contribution in [2.24, 2.45) is 0 Å². The Bertz CT molecular complexity index is 3460. The molecule has 0 unspecified atom stereocenters. The Labute approximate surface area is 368 Å². The van der Waals surface area contributed by atoms with Gasteiger partial charge in [-0.05, 0) is 115 Å². The van der Waals surface area contributed by atoms with E-state index in [4.69, 9.17) is 0 Å². The molecule has 0 N–H and O–H groups in total. The molecule has 0 saturated carbocycles. The minimum atomic E-state index is -0.244. The molecular weight excluding hydrogens is 761 g/mol. The molecule has 298 valence electrons. The van der Waals surface area contributed by atoms with Crippen LogP contribution < -0.4 is 4.90 Å². The van der Waals surface area contributed by atoms with Crippen LogP contribution in [0.1, 0.15) is 25.0 Å². The molecule has 2 nitrogen and oxygen atoms in total. The van der Waals surface area contributed by atoms with Crippen LogP contribution in [0.5, 0.6) is 0 Å². The van der Waals surface area contributed by atoms with E-state index in [9.17, 15) is 0 Å². The third-order valence-electron chi connectivity index (χ3n) is 13.4. The number of hydrogen-bond acceptors (Lipinski definition) is 1. The largest absolute Gasteiger partial charge is 0.310 e. The maximum Gasteiger partial charge on any atom is 0.0541 e. The molecule has 10 aromatic carbocycles. The van der Waals surface area contributed by atoms with Gasteiger partial charge in [0.25, 0.3) is 0 Å². The molecule has 1 aliphatic carbocycles. The van der Waals surface area contributed by atoms with Gasteiger partial charge in [0, 0.05) is 38.8 Å². The second-order valence-electron chi connectivity index (χ2n) is 17.3. The first-order valence-electron chi connectivity index (χ1n) is 21.9. The zero-order valence-electron chi connectivity index (χ0n) is 35.3. The quantitative estimate of drug-likeness (QED) is 0.156. The van der Waals surface area contributed by atoms with Gasteiger partial charge < -0.3 is 9.47 Å². The first-order chi connectivity index (χ1) is 31.0. The van der Waals surface area contributed by atoms with Crippen molar-refractivity contribution in [3.8, 4) is 50.2 Å². The van der Waals surface area contributed by atoms with Gasteiger partial charge in [0.1, 0.15) is 0 Å². The van der Waals surface area contributed by atoms with Gasteiger partial charge >= 0.3 is 0 Å². The van der Waals surface area contributed by atoms with Gasteiger partial charge in [-0.1, -0.05) is 190 Å². The lowest BCUT2D eigenvalue weighted by molar-refractivity contribution is 0.660. The minimum Gasteiger partial charge on any atom is -0.310 e. The lowest BCUT2D eigenvalue weighted by atomic mass is 9.82. The van der Waals surface area contributed by atoms with Crippen LogP contribution >= 0.6 is 0 Å². The van der Waals surface area contributed by atoms with E-state index < -0.39 is 0 Å². The van der Waals surface area contributed by atoms with Crippen LogP contribution in [-0.4, -0.2) is 4.57 Å². The molecule has 0 amide bonds. The van der Waals surface area contributed by atoms with E-state index >= 15 is 0 Å². The van der Waals surface area contributed by atoms with Crippen molar-refractivity contribution in [3.05, 3.63) is 242 Å². The number of fused-ring (bicyclic) bond motifs is 7. The first kappa shape index (κ1) is 36.9. The third-order valence-corrected chi connectivity index (χ3v) is 13.4. The number of hydrogen-bond donors (Lipinski definition) is 0. The van der Waals surface area contributed by atoms with Crippen molar-refractivity contribution in [1.82, 2.24) is 4.57 Å². The predicted octanol–water partition coefficient (Wildman–Crippen LogP) is 16.7. The summed E-state index contributed by atoms with van der Waals surface area (Å²) in [6.07, 6.45) is 0. The van der Waals surface area contributed by atoms with Crippen LogP contribution in [0, 0.1) is 0 Å². The fraction of sp³-hybridized carbons (Fsp3) is 0.0492. The SMILES string of the molecule is CC1(C)c2cc(N(c3ccc(-c4cccc5ccccc45)cc3)c3ccccc3-c3ccc(-c4ccccc4)cc3)ccc2-c2ccc(-n3c4ccccc4c4ccccc43)cc21. The molecule has 0 fully saturated rings. The number of nitrogens with zero attached hydrogens (tertiary/aromatic N) is 2. The van der Waals surface area contributed by atoms with E-state index in [1.165, 1.54) is 93.9 Å². The summed E-state index contributed by atoms with van der Waals surface area (Å²) in [7, 11) is 0. The molecule has 0 spiro atoms. The van der Waals surface area contributed by atoms with E-state index in [1.54, 1.807) is 0 Å². The van der Waals surface area contributed by atoms with E-state index in [0.29, 0.717) is 0 Å². The average molecular weight is 805 g/mol. The molecule has 0 bridgehead atoms. The molecule has 12 rings (SSSR count).